The molecule has 1 atom stereocenters. The molecule has 1 aromatic heterocycles. The second-order valence-electron chi connectivity index (χ2n) is 7.46. The number of pyridine rings is 1. The molecule has 0 saturated heterocycles. The lowest BCUT2D eigenvalue weighted by Crippen LogP contribution is -2.32. The summed E-state index contributed by atoms with van der Waals surface area (Å²) in [6.45, 7) is 6.61. The fourth-order valence-corrected chi connectivity index (χ4v) is 3.21. The quantitative estimate of drug-likeness (QED) is 0.486. The van der Waals surface area contributed by atoms with E-state index in [1.165, 1.54) is 0 Å². The summed E-state index contributed by atoms with van der Waals surface area (Å²) >= 11 is 0. The number of amides is 1. The Morgan fingerprint density at radius 3 is 2.70 bits per heavy atom. The molecule has 2 N–H and O–H groups in total. The molecule has 0 radical (unpaired) electrons. The monoisotopic (exact) mass is 403 g/mol. The third-order valence-corrected chi connectivity index (χ3v) is 4.81. The Labute approximate surface area is 178 Å². The molecule has 1 unspecified atom stereocenters. The predicted molar refractivity (Wildman–Crippen MR) is 121 cm³/mol. The number of anilines is 2. The van der Waals surface area contributed by atoms with Crippen molar-refractivity contribution in [3.63, 3.8) is 0 Å². The highest BCUT2D eigenvalue weighted by Crippen LogP contribution is 2.25. The summed E-state index contributed by atoms with van der Waals surface area (Å²) in [5.74, 6) is 0.747. The van der Waals surface area contributed by atoms with Gasteiger partial charge in [-0.15, -0.1) is 0 Å². The van der Waals surface area contributed by atoms with Crippen LogP contribution in [0.1, 0.15) is 48.3 Å². The zero-order valence-corrected chi connectivity index (χ0v) is 17.8. The first-order valence-electron chi connectivity index (χ1n) is 10.4. The smallest absolute Gasteiger partial charge is 0.251 e. The van der Waals surface area contributed by atoms with Gasteiger partial charge < -0.3 is 15.4 Å². The molecule has 0 spiro atoms. The van der Waals surface area contributed by atoms with Gasteiger partial charge in [0.25, 0.3) is 5.91 Å². The van der Waals surface area contributed by atoms with Gasteiger partial charge in [-0.3, -0.25) is 9.78 Å². The molecule has 0 aliphatic carbocycles. The van der Waals surface area contributed by atoms with Crippen molar-refractivity contribution in [1.29, 1.82) is 0 Å². The van der Waals surface area contributed by atoms with Gasteiger partial charge in [0, 0.05) is 29.2 Å². The van der Waals surface area contributed by atoms with E-state index in [0.29, 0.717) is 12.2 Å². The van der Waals surface area contributed by atoms with Crippen molar-refractivity contribution in [1.82, 2.24) is 10.3 Å². The zero-order valence-electron chi connectivity index (χ0n) is 17.8. The number of aryl methyl sites for hydroxylation is 1. The Bertz CT molecular complexity index is 973. The second-order valence-corrected chi connectivity index (χ2v) is 7.46. The van der Waals surface area contributed by atoms with Gasteiger partial charge in [0.15, 0.2) is 0 Å². The molecule has 0 aliphatic heterocycles. The molecular formula is C25H29N3O2. The van der Waals surface area contributed by atoms with Crippen LogP contribution >= 0.6 is 0 Å². The molecule has 30 heavy (non-hydrogen) atoms. The maximum Gasteiger partial charge on any atom is 0.251 e. The minimum atomic E-state index is -0.0467. The van der Waals surface area contributed by atoms with E-state index in [0.717, 1.165) is 41.2 Å². The number of nitrogens with zero attached hydrogens (tertiary/aromatic N) is 1. The molecule has 0 aliphatic rings. The first-order valence-corrected chi connectivity index (χ1v) is 10.4. The molecule has 1 heterocycles. The van der Waals surface area contributed by atoms with E-state index in [4.69, 9.17) is 4.74 Å². The van der Waals surface area contributed by atoms with Crippen molar-refractivity contribution >= 4 is 17.3 Å². The summed E-state index contributed by atoms with van der Waals surface area (Å²) in [5.41, 5.74) is 4.43. The first kappa shape index (κ1) is 21.4. The number of rotatable bonds is 9. The number of nitrogens with one attached hydrogen (secondary N) is 2. The lowest BCUT2D eigenvalue weighted by Gasteiger charge is -2.15. The average Bonchev–Trinajstić information content (AvgIpc) is 2.75. The van der Waals surface area contributed by atoms with E-state index in [1.807, 2.05) is 74.5 Å². The lowest BCUT2D eigenvalue weighted by atomic mass is 10.1. The van der Waals surface area contributed by atoms with Crippen LogP contribution in [0.15, 0.2) is 66.9 Å². The van der Waals surface area contributed by atoms with Gasteiger partial charge in [0.05, 0.1) is 5.69 Å². The number of benzene rings is 2. The number of carbonyl (C=O) groups excluding carboxylic acids is 1. The maximum atomic E-state index is 12.5. The number of hydrogen-bond acceptors (Lipinski definition) is 4. The van der Waals surface area contributed by atoms with Crippen molar-refractivity contribution in [3.8, 4) is 5.75 Å². The third-order valence-electron chi connectivity index (χ3n) is 4.81. The van der Waals surface area contributed by atoms with Crippen LogP contribution in [0, 0.1) is 6.92 Å². The molecule has 1 amide bonds. The van der Waals surface area contributed by atoms with Crippen molar-refractivity contribution in [3.05, 3.63) is 83.7 Å². The van der Waals surface area contributed by atoms with Crippen molar-refractivity contribution < 1.29 is 9.53 Å². The van der Waals surface area contributed by atoms with Gasteiger partial charge in [-0.2, -0.15) is 0 Å². The predicted octanol–water partition coefficient (Wildman–Crippen LogP) is 5.63. The van der Waals surface area contributed by atoms with E-state index in [-0.39, 0.29) is 11.9 Å². The summed E-state index contributed by atoms with van der Waals surface area (Å²) in [4.78, 5) is 16.7. The van der Waals surface area contributed by atoms with Crippen molar-refractivity contribution in [2.45, 2.75) is 46.3 Å². The molecule has 2 aromatic carbocycles. The van der Waals surface area contributed by atoms with Crippen LogP contribution < -0.4 is 15.4 Å². The number of aromatic nitrogens is 1. The standard InChI is InChI=1S/C25H29N3O2/c1-4-8-19(3)27-25(29)20-9-7-11-21(16-20)28-24-13-12-23(15-18(24)2)30-17-22-10-5-6-14-26-22/h5-7,9-16,19,28H,4,8,17H2,1-3H3,(H,27,29). The van der Waals surface area contributed by atoms with Gasteiger partial charge in [0.2, 0.25) is 0 Å². The minimum absolute atomic E-state index is 0.0467. The van der Waals surface area contributed by atoms with Crippen LogP contribution in [0.4, 0.5) is 11.4 Å². The maximum absolute atomic E-state index is 12.5. The molecule has 0 bridgehead atoms. The molecule has 3 rings (SSSR count). The van der Waals surface area contributed by atoms with Gasteiger partial charge >= 0.3 is 0 Å². The second kappa shape index (κ2) is 10.4. The van der Waals surface area contributed by atoms with E-state index in [9.17, 15) is 4.79 Å². The average molecular weight is 404 g/mol. The topological polar surface area (TPSA) is 63.2 Å². The van der Waals surface area contributed by atoms with Crippen molar-refractivity contribution in [2.24, 2.45) is 0 Å². The zero-order chi connectivity index (χ0) is 21.3. The van der Waals surface area contributed by atoms with Crippen LogP contribution in [0.25, 0.3) is 0 Å². The minimum Gasteiger partial charge on any atom is -0.487 e. The highest BCUT2D eigenvalue weighted by Gasteiger charge is 2.10. The van der Waals surface area contributed by atoms with Crippen LogP contribution in [0.3, 0.4) is 0 Å². The number of ether oxygens (including phenoxy) is 1. The molecule has 0 fully saturated rings. The highest BCUT2D eigenvalue weighted by atomic mass is 16.5. The molecule has 156 valence electrons. The van der Waals surface area contributed by atoms with Crippen LogP contribution in [-0.4, -0.2) is 16.9 Å². The summed E-state index contributed by atoms with van der Waals surface area (Å²) in [7, 11) is 0. The van der Waals surface area contributed by atoms with E-state index in [2.05, 4.69) is 22.5 Å². The molecule has 3 aromatic rings. The van der Waals surface area contributed by atoms with Crippen LogP contribution in [0.5, 0.6) is 5.75 Å². The van der Waals surface area contributed by atoms with Crippen LogP contribution in [-0.2, 0) is 6.61 Å². The Morgan fingerprint density at radius 2 is 1.97 bits per heavy atom. The summed E-state index contributed by atoms with van der Waals surface area (Å²) in [6, 6.07) is 19.4. The Kier molecular flexibility index (Phi) is 7.44. The SMILES string of the molecule is CCCC(C)NC(=O)c1cccc(Nc2ccc(OCc3ccccn3)cc2C)c1. The van der Waals surface area contributed by atoms with Crippen LogP contribution in [0.2, 0.25) is 0 Å². The number of carbonyl (C=O) groups is 1. The summed E-state index contributed by atoms with van der Waals surface area (Å²) in [5, 5.41) is 6.45. The molecular weight excluding hydrogens is 374 g/mol. The Balaban J connectivity index is 1.64. The molecule has 0 saturated carbocycles. The van der Waals surface area contributed by atoms with Gasteiger partial charge in [0.1, 0.15) is 12.4 Å². The first-order chi connectivity index (χ1) is 14.5. The van der Waals surface area contributed by atoms with Crippen molar-refractivity contribution in [2.75, 3.05) is 5.32 Å². The van der Waals surface area contributed by atoms with E-state index >= 15 is 0 Å². The number of hydrogen-bond donors (Lipinski definition) is 2. The van der Waals surface area contributed by atoms with E-state index in [1.54, 1.807) is 6.20 Å². The molecule has 5 heteroatoms. The van der Waals surface area contributed by atoms with E-state index < -0.39 is 0 Å². The van der Waals surface area contributed by atoms with Gasteiger partial charge in [-0.1, -0.05) is 25.5 Å². The van der Waals surface area contributed by atoms with Gasteiger partial charge in [-0.25, -0.2) is 0 Å². The van der Waals surface area contributed by atoms with Gasteiger partial charge in [-0.05, 0) is 74.4 Å². The fraction of sp³-hybridized carbons (Fsp3) is 0.280. The lowest BCUT2D eigenvalue weighted by molar-refractivity contribution is 0.0938. The highest BCUT2D eigenvalue weighted by molar-refractivity contribution is 5.95. The summed E-state index contributed by atoms with van der Waals surface area (Å²) in [6.07, 6.45) is 3.78. The largest absolute Gasteiger partial charge is 0.487 e. The Hall–Kier alpha value is -3.34. The third kappa shape index (κ3) is 6.08. The summed E-state index contributed by atoms with van der Waals surface area (Å²) < 4.78 is 5.84. The molecule has 5 nitrogen and oxygen atoms in total. The Morgan fingerprint density at radius 1 is 1.10 bits per heavy atom. The fourth-order valence-electron chi connectivity index (χ4n) is 3.21. The normalized spacial score (nSPS) is 11.6.